The Labute approximate surface area is 152 Å². The topological polar surface area (TPSA) is 66.3 Å². The van der Waals surface area contributed by atoms with Crippen LogP contribution in [0.4, 0.5) is 5.95 Å². The van der Waals surface area contributed by atoms with Crippen LogP contribution in [0.5, 0.6) is 0 Å². The van der Waals surface area contributed by atoms with Crippen molar-refractivity contribution >= 4 is 23.5 Å². The molecule has 6 heteroatoms. The summed E-state index contributed by atoms with van der Waals surface area (Å²) in [5.41, 5.74) is 1.98. The van der Waals surface area contributed by atoms with Crippen molar-refractivity contribution in [3.05, 3.63) is 52.3 Å². The van der Waals surface area contributed by atoms with E-state index in [1.54, 1.807) is 0 Å². The summed E-state index contributed by atoms with van der Waals surface area (Å²) in [6.45, 7) is 4.97. The van der Waals surface area contributed by atoms with Crippen molar-refractivity contribution in [3.8, 4) is 0 Å². The Bertz CT molecular complexity index is 762. The Morgan fingerprint density at radius 2 is 2.08 bits per heavy atom. The number of aromatic nitrogens is 2. The normalized spacial score (nSPS) is 17.3. The molecular weight excluding hydrogens is 338 g/mol. The molecule has 1 saturated heterocycles. The molecule has 0 bridgehead atoms. The highest BCUT2D eigenvalue weighted by Crippen LogP contribution is 2.35. The molecule has 5 nitrogen and oxygen atoms in total. The molecule has 1 aromatic carbocycles. The van der Waals surface area contributed by atoms with E-state index in [0.717, 1.165) is 24.4 Å². The van der Waals surface area contributed by atoms with Gasteiger partial charge in [-0.2, -0.15) is 0 Å². The molecule has 2 heterocycles. The number of aromatic carboxylic acids is 1. The van der Waals surface area contributed by atoms with Crippen LogP contribution >= 0.6 is 11.6 Å². The summed E-state index contributed by atoms with van der Waals surface area (Å²) < 4.78 is 0. The summed E-state index contributed by atoms with van der Waals surface area (Å²) in [6.07, 6.45) is 4.14. The predicted molar refractivity (Wildman–Crippen MR) is 98.3 cm³/mol. The Balaban J connectivity index is 1.94. The minimum absolute atomic E-state index is 0.194. The third kappa shape index (κ3) is 3.93. The summed E-state index contributed by atoms with van der Waals surface area (Å²) in [6, 6.07) is 8.05. The van der Waals surface area contributed by atoms with E-state index in [2.05, 4.69) is 28.7 Å². The van der Waals surface area contributed by atoms with Gasteiger partial charge in [0, 0.05) is 17.8 Å². The van der Waals surface area contributed by atoms with Crippen LogP contribution in [0.15, 0.2) is 30.5 Å². The first kappa shape index (κ1) is 17.7. The second-order valence-corrected chi connectivity index (χ2v) is 7.27. The molecule has 0 spiro atoms. The van der Waals surface area contributed by atoms with Crippen molar-refractivity contribution in [2.24, 2.45) is 5.92 Å². The van der Waals surface area contributed by atoms with E-state index < -0.39 is 5.97 Å². The van der Waals surface area contributed by atoms with Gasteiger partial charge >= 0.3 is 5.97 Å². The molecule has 2 aromatic rings. The molecule has 132 valence electrons. The van der Waals surface area contributed by atoms with Crippen molar-refractivity contribution in [1.82, 2.24) is 9.97 Å². The quantitative estimate of drug-likeness (QED) is 0.858. The number of anilines is 1. The van der Waals surface area contributed by atoms with E-state index >= 15 is 0 Å². The fraction of sp³-hybridized carbons (Fsp3) is 0.421. The lowest BCUT2D eigenvalue weighted by Crippen LogP contribution is -2.25. The Hall–Kier alpha value is -2.14. The van der Waals surface area contributed by atoms with Gasteiger partial charge in [0.15, 0.2) is 0 Å². The van der Waals surface area contributed by atoms with Gasteiger partial charge in [0.2, 0.25) is 5.95 Å². The van der Waals surface area contributed by atoms with E-state index in [0.29, 0.717) is 24.0 Å². The smallest absolute Gasteiger partial charge is 0.339 e. The molecule has 0 amide bonds. The molecule has 1 fully saturated rings. The number of hydrogen-bond acceptors (Lipinski definition) is 4. The summed E-state index contributed by atoms with van der Waals surface area (Å²) in [4.78, 5) is 22.6. The van der Waals surface area contributed by atoms with Gasteiger partial charge in [0.1, 0.15) is 0 Å². The van der Waals surface area contributed by atoms with Crippen LogP contribution < -0.4 is 4.90 Å². The van der Waals surface area contributed by atoms with E-state index in [1.807, 2.05) is 24.3 Å². The van der Waals surface area contributed by atoms with Crippen molar-refractivity contribution in [3.63, 3.8) is 0 Å². The van der Waals surface area contributed by atoms with Crippen LogP contribution in [0.1, 0.15) is 54.3 Å². The Morgan fingerprint density at radius 1 is 1.36 bits per heavy atom. The fourth-order valence-corrected chi connectivity index (χ4v) is 3.43. The van der Waals surface area contributed by atoms with E-state index in [1.165, 1.54) is 11.8 Å². The third-order valence-electron chi connectivity index (χ3n) is 4.45. The molecule has 1 N–H and O–H groups in total. The highest BCUT2D eigenvalue weighted by molar-refractivity contribution is 6.30. The van der Waals surface area contributed by atoms with Gasteiger partial charge in [-0.1, -0.05) is 37.6 Å². The van der Waals surface area contributed by atoms with Gasteiger partial charge in [-0.25, -0.2) is 14.8 Å². The summed E-state index contributed by atoms with van der Waals surface area (Å²) >= 11 is 5.99. The van der Waals surface area contributed by atoms with E-state index in [-0.39, 0.29) is 11.6 Å². The molecule has 1 aliphatic heterocycles. The van der Waals surface area contributed by atoms with E-state index in [4.69, 9.17) is 11.6 Å². The molecule has 3 rings (SSSR count). The second-order valence-electron chi connectivity index (χ2n) is 6.84. The molecule has 1 atom stereocenters. The lowest BCUT2D eigenvalue weighted by atomic mass is 10.0. The highest BCUT2D eigenvalue weighted by atomic mass is 35.5. The zero-order valence-electron chi connectivity index (χ0n) is 14.4. The van der Waals surface area contributed by atoms with Gasteiger partial charge in [0.25, 0.3) is 0 Å². The maximum Gasteiger partial charge on any atom is 0.339 e. The summed E-state index contributed by atoms with van der Waals surface area (Å²) in [5, 5.41) is 10.1. The first-order valence-electron chi connectivity index (χ1n) is 8.57. The predicted octanol–water partition coefficient (Wildman–Crippen LogP) is 4.37. The van der Waals surface area contributed by atoms with E-state index in [9.17, 15) is 9.90 Å². The number of halogens is 1. The average molecular weight is 360 g/mol. The van der Waals surface area contributed by atoms with Crippen molar-refractivity contribution in [1.29, 1.82) is 0 Å². The van der Waals surface area contributed by atoms with Crippen molar-refractivity contribution < 1.29 is 9.90 Å². The first-order chi connectivity index (χ1) is 12.0. The molecule has 1 aliphatic rings. The summed E-state index contributed by atoms with van der Waals surface area (Å²) in [5.74, 6) is -0.0394. The lowest BCUT2D eigenvalue weighted by Gasteiger charge is -2.25. The number of benzene rings is 1. The number of rotatable bonds is 5. The van der Waals surface area contributed by atoms with Crippen LogP contribution in [0.2, 0.25) is 5.02 Å². The molecule has 25 heavy (non-hydrogen) atoms. The highest BCUT2D eigenvalue weighted by Gasteiger charge is 2.29. The zero-order valence-corrected chi connectivity index (χ0v) is 15.2. The monoisotopic (exact) mass is 359 g/mol. The number of carbonyl (C=O) groups is 1. The zero-order chi connectivity index (χ0) is 18.0. The fourth-order valence-electron chi connectivity index (χ4n) is 3.30. The summed E-state index contributed by atoms with van der Waals surface area (Å²) in [7, 11) is 0. The second kappa shape index (κ2) is 7.40. The number of nitrogens with zero attached hydrogens (tertiary/aromatic N) is 3. The van der Waals surface area contributed by atoms with Gasteiger partial charge in [-0.05, 0) is 42.9 Å². The minimum atomic E-state index is -0.974. The molecule has 0 aliphatic carbocycles. The molecular formula is C19H22ClN3O2. The van der Waals surface area contributed by atoms with Crippen LogP contribution in [0.25, 0.3) is 0 Å². The Kier molecular flexibility index (Phi) is 5.23. The maximum absolute atomic E-state index is 11.4. The molecule has 0 unspecified atom stereocenters. The molecule has 1 aromatic heterocycles. The van der Waals surface area contributed by atoms with Gasteiger partial charge in [0.05, 0.1) is 17.3 Å². The van der Waals surface area contributed by atoms with Gasteiger partial charge in [-0.3, -0.25) is 0 Å². The van der Waals surface area contributed by atoms with Crippen molar-refractivity contribution in [2.75, 3.05) is 11.4 Å². The lowest BCUT2D eigenvalue weighted by molar-refractivity contribution is 0.0694. The number of carboxylic acid groups (broad SMARTS) is 1. The largest absolute Gasteiger partial charge is 0.478 e. The first-order valence-corrected chi connectivity index (χ1v) is 8.95. The standard InChI is InChI=1S/C19H22ClN3O2/c1-12(2)10-16-15(18(24)25)11-21-19(22-16)23-9-3-4-17(23)13-5-7-14(20)8-6-13/h5-8,11-12,17H,3-4,9-10H2,1-2H3,(H,24,25)/t17-/m1/s1. The van der Waals surface area contributed by atoms with Gasteiger partial charge < -0.3 is 10.0 Å². The minimum Gasteiger partial charge on any atom is -0.478 e. The third-order valence-corrected chi connectivity index (χ3v) is 4.70. The molecule has 0 radical (unpaired) electrons. The van der Waals surface area contributed by atoms with Crippen LogP contribution in [-0.4, -0.2) is 27.6 Å². The maximum atomic E-state index is 11.4. The van der Waals surface area contributed by atoms with Gasteiger partial charge in [-0.15, -0.1) is 0 Å². The van der Waals surface area contributed by atoms with Crippen LogP contribution in [0.3, 0.4) is 0 Å². The molecule has 0 saturated carbocycles. The SMILES string of the molecule is CC(C)Cc1nc(N2CCC[C@@H]2c2ccc(Cl)cc2)ncc1C(=O)O. The van der Waals surface area contributed by atoms with Crippen molar-refractivity contribution in [2.45, 2.75) is 39.2 Å². The Morgan fingerprint density at radius 3 is 2.72 bits per heavy atom. The average Bonchev–Trinajstić information content (AvgIpc) is 3.04. The van der Waals surface area contributed by atoms with Crippen LogP contribution in [0, 0.1) is 5.92 Å². The van der Waals surface area contributed by atoms with Crippen LogP contribution in [-0.2, 0) is 6.42 Å². The number of carboxylic acids is 1. The number of hydrogen-bond donors (Lipinski definition) is 1.